The molecule has 0 heterocycles. The molecule has 0 rings (SSSR count). The minimum atomic E-state index is -1.10. The number of amides is 1. The molecule has 0 aliphatic heterocycles. The van der Waals surface area contributed by atoms with Gasteiger partial charge in [0.15, 0.2) is 0 Å². The van der Waals surface area contributed by atoms with E-state index in [1.807, 2.05) is 0 Å². The van der Waals surface area contributed by atoms with Crippen LogP contribution in [-0.4, -0.2) is 46.5 Å². The first kappa shape index (κ1) is 14.1. The normalized spacial score (nSPS) is 13.1. The lowest BCUT2D eigenvalue weighted by atomic mass is 10.2. The van der Waals surface area contributed by atoms with E-state index in [0.717, 1.165) is 4.90 Å². The second-order valence-corrected chi connectivity index (χ2v) is 4.49. The van der Waals surface area contributed by atoms with Crippen LogP contribution in [0.15, 0.2) is 0 Å². The van der Waals surface area contributed by atoms with E-state index in [-0.39, 0.29) is 5.75 Å². The van der Waals surface area contributed by atoms with Crippen LogP contribution in [0, 0.1) is 0 Å². The second kappa shape index (κ2) is 5.25. The second-order valence-electron chi connectivity index (χ2n) is 4.13. The van der Waals surface area contributed by atoms with Crippen molar-refractivity contribution in [1.82, 2.24) is 4.90 Å². The average Bonchev–Trinajstić information content (AvgIpc) is 2.01. The Balaban J connectivity index is 4.49. The Kier molecular flexibility index (Phi) is 4.93. The van der Waals surface area contributed by atoms with Gasteiger partial charge in [-0.1, -0.05) is 0 Å². The van der Waals surface area contributed by atoms with Gasteiger partial charge in [-0.15, -0.1) is 0 Å². The van der Waals surface area contributed by atoms with Crippen LogP contribution in [0.4, 0.5) is 4.79 Å². The Labute approximate surface area is 94.8 Å². The number of hydrogen-bond donors (Lipinski definition) is 2. The molecule has 1 amide bonds. The maximum atomic E-state index is 11.5. The summed E-state index contributed by atoms with van der Waals surface area (Å²) < 4.78 is 5.02. The molecule has 0 bridgehead atoms. The van der Waals surface area contributed by atoms with E-state index in [2.05, 4.69) is 12.6 Å². The molecule has 1 atom stereocenters. The molecule has 0 aliphatic rings. The largest absolute Gasteiger partial charge is 0.480 e. The van der Waals surface area contributed by atoms with Crippen LogP contribution in [0.2, 0.25) is 0 Å². The molecule has 15 heavy (non-hydrogen) atoms. The molecule has 0 saturated carbocycles. The molecule has 0 fully saturated rings. The van der Waals surface area contributed by atoms with E-state index in [9.17, 15) is 9.59 Å². The van der Waals surface area contributed by atoms with Gasteiger partial charge in [-0.05, 0) is 20.8 Å². The summed E-state index contributed by atoms with van der Waals surface area (Å²) in [5, 5.41) is 8.79. The fourth-order valence-corrected chi connectivity index (χ4v) is 1.23. The first-order valence-electron chi connectivity index (χ1n) is 4.48. The molecular formula is C9H17NO4S. The maximum Gasteiger partial charge on any atom is 0.410 e. The van der Waals surface area contributed by atoms with Gasteiger partial charge in [0.1, 0.15) is 11.6 Å². The lowest BCUT2D eigenvalue weighted by Gasteiger charge is -2.27. The highest BCUT2D eigenvalue weighted by Gasteiger charge is 2.28. The lowest BCUT2D eigenvalue weighted by Crippen LogP contribution is -2.45. The minimum absolute atomic E-state index is 0.0467. The summed E-state index contributed by atoms with van der Waals surface area (Å²) in [4.78, 5) is 23.2. The van der Waals surface area contributed by atoms with Crippen LogP contribution in [0.3, 0.4) is 0 Å². The molecule has 6 heteroatoms. The molecule has 1 N–H and O–H groups in total. The topological polar surface area (TPSA) is 66.8 Å². The third-order valence-electron chi connectivity index (χ3n) is 1.61. The number of hydrogen-bond acceptors (Lipinski definition) is 4. The number of likely N-dealkylation sites (N-methyl/N-ethyl adjacent to an activating group) is 1. The van der Waals surface area contributed by atoms with Gasteiger partial charge in [-0.2, -0.15) is 12.6 Å². The van der Waals surface area contributed by atoms with E-state index in [1.54, 1.807) is 20.8 Å². The summed E-state index contributed by atoms with van der Waals surface area (Å²) in [5.41, 5.74) is -0.634. The van der Waals surface area contributed by atoms with Gasteiger partial charge in [-0.25, -0.2) is 9.59 Å². The van der Waals surface area contributed by atoms with Crippen molar-refractivity contribution in [3.8, 4) is 0 Å². The number of aliphatic carboxylic acids is 1. The third kappa shape index (κ3) is 4.92. The van der Waals surface area contributed by atoms with Crippen LogP contribution < -0.4 is 0 Å². The Morgan fingerprint density at radius 2 is 1.93 bits per heavy atom. The van der Waals surface area contributed by atoms with Gasteiger partial charge in [-0.3, -0.25) is 4.90 Å². The average molecular weight is 235 g/mol. The van der Waals surface area contributed by atoms with Crippen molar-refractivity contribution in [2.75, 3.05) is 12.8 Å². The van der Waals surface area contributed by atoms with Crippen molar-refractivity contribution in [2.45, 2.75) is 32.4 Å². The van der Waals surface area contributed by atoms with Crippen LogP contribution in [0.5, 0.6) is 0 Å². The Hall–Kier alpha value is -0.910. The molecule has 0 radical (unpaired) electrons. The summed E-state index contributed by atoms with van der Waals surface area (Å²) in [7, 11) is 1.38. The number of ether oxygens (including phenoxy) is 1. The highest BCUT2D eigenvalue weighted by atomic mass is 32.1. The van der Waals surface area contributed by atoms with Gasteiger partial charge in [0, 0.05) is 12.8 Å². The zero-order valence-electron chi connectivity index (χ0n) is 9.35. The predicted molar refractivity (Wildman–Crippen MR) is 59.3 cm³/mol. The smallest absolute Gasteiger partial charge is 0.410 e. The van der Waals surface area contributed by atoms with Crippen LogP contribution in [-0.2, 0) is 9.53 Å². The fraction of sp³-hybridized carbons (Fsp3) is 0.778. The number of carbonyl (C=O) groups excluding carboxylic acids is 1. The number of carbonyl (C=O) groups is 2. The van der Waals surface area contributed by atoms with E-state index in [1.165, 1.54) is 7.05 Å². The van der Waals surface area contributed by atoms with Crippen molar-refractivity contribution in [3.05, 3.63) is 0 Å². The first-order chi connectivity index (χ1) is 6.69. The quantitative estimate of drug-likeness (QED) is 0.722. The number of thiol groups is 1. The Morgan fingerprint density at radius 1 is 1.47 bits per heavy atom. The number of nitrogens with zero attached hydrogens (tertiary/aromatic N) is 1. The van der Waals surface area contributed by atoms with Gasteiger partial charge >= 0.3 is 12.1 Å². The van der Waals surface area contributed by atoms with E-state index in [4.69, 9.17) is 9.84 Å². The van der Waals surface area contributed by atoms with Crippen molar-refractivity contribution in [1.29, 1.82) is 0 Å². The maximum absolute atomic E-state index is 11.5. The molecule has 88 valence electrons. The molecule has 0 aromatic carbocycles. The number of rotatable bonds is 3. The summed E-state index contributed by atoms with van der Waals surface area (Å²) in [6, 6.07) is -0.969. The molecule has 0 aromatic heterocycles. The van der Waals surface area contributed by atoms with Gasteiger partial charge < -0.3 is 9.84 Å². The monoisotopic (exact) mass is 235 g/mol. The van der Waals surface area contributed by atoms with E-state index < -0.39 is 23.7 Å². The van der Waals surface area contributed by atoms with Gasteiger partial charge in [0.05, 0.1) is 0 Å². The van der Waals surface area contributed by atoms with Crippen molar-refractivity contribution < 1.29 is 19.4 Å². The van der Waals surface area contributed by atoms with Gasteiger partial charge in [0.25, 0.3) is 0 Å². The minimum Gasteiger partial charge on any atom is -0.480 e. The fourth-order valence-electron chi connectivity index (χ4n) is 0.827. The molecular weight excluding hydrogens is 218 g/mol. The zero-order chi connectivity index (χ0) is 12.2. The third-order valence-corrected chi connectivity index (χ3v) is 1.95. The molecule has 5 nitrogen and oxygen atoms in total. The zero-order valence-corrected chi connectivity index (χ0v) is 10.2. The summed E-state index contributed by atoms with van der Waals surface area (Å²) in [6.07, 6.45) is -0.663. The van der Waals surface area contributed by atoms with Crippen molar-refractivity contribution in [2.24, 2.45) is 0 Å². The number of carboxylic acids is 1. The molecule has 0 spiro atoms. The van der Waals surface area contributed by atoms with E-state index >= 15 is 0 Å². The predicted octanol–water partition coefficient (Wildman–Crippen LogP) is 1.24. The van der Waals surface area contributed by atoms with Crippen molar-refractivity contribution in [3.63, 3.8) is 0 Å². The van der Waals surface area contributed by atoms with Gasteiger partial charge in [0.2, 0.25) is 0 Å². The summed E-state index contributed by atoms with van der Waals surface area (Å²) >= 11 is 3.87. The Bertz CT molecular complexity index is 249. The van der Waals surface area contributed by atoms with Crippen LogP contribution in [0.25, 0.3) is 0 Å². The first-order valence-corrected chi connectivity index (χ1v) is 5.11. The highest BCUT2D eigenvalue weighted by Crippen LogP contribution is 2.11. The standard InChI is InChI=1S/C9H17NO4S/c1-9(2,3)14-8(13)10(4)6(5-15)7(11)12/h6,15H,5H2,1-4H3,(H,11,12). The molecule has 1 unspecified atom stereocenters. The SMILES string of the molecule is CN(C(=O)OC(C)(C)C)C(CS)C(=O)O. The Morgan fingerprint density at radius 3 is 2.20 bits per heavy atom. The summed E-state index contributed by atoms with van der Waals surface area (Å²) in [5.74, 6) is -1.05. The van der Waals surface area contributed by atoms with E-state index in [0.29, 0.717) is 0 Å². The number of carboxylic acid groups (broad SMARTS) is 1. The van der Waals surface area contributed by atoms with Crippen molar-refractivity contribution >= 4 is 24.7 Å². The molecule has 0 aromatic rings. The summed E-state index contributed by atoms with van der Waals surface area (Å²) in [6.45, 7) is 5.15. The lowest BCUT2D eigenvalue weighted by molar-refractivity contribution is -0.141. The highest BCUT2D eigenvalue weighted by molar-refractivity contribution is 7.80. The van der Waals surface area contributed by atoms with Crippen LogP contribution in [0.1, 0.15) is 20.8 Å². The molecule has 0 aliphatic carbocycles. The molecule has 0 saturated heterocycles. The van der Waals surface area contributed by atoms with Crippen LogP contribution >= 0.6 is 12.6 Å².